The summed E-state index contributed by atoms with van der Waals surface area (Å²) in [5, 5.41) is 0. The van der Waals surface area contributed by atoms with Gasteiger partial charge in [-0.25, -0.2) is 9.37 Å². The molecule has 1 unspecified atom stereocenters. The maximum atomic E-state index is 13.1. The van der Waals surface area contributed by atoms with Gasteiger partial charge in [0, 0.05) is 19.1 Å². The van der Waals surface area contributed by atoms with Crippen molar-refractivity contribution >= 4 is 15.9 Å². The van der Waals surface area contributed by atoms with Crippen molar-refractivity contribution in [3.8, 4) is 17.1 Å². The monoisotopic (exact) mass is 384 g/mol. The molecule has 1 aliphatic heterocycles. The molecular formula is C16H18BrFN2O3. The van der Waals surface area contributed by atoms with Crippen LogP contribution in [0.5, 0.6) is 5.75 Å². The Morgan fingerprint density at radius 2 is 2.17 bits per heavy atom. The molecule has 7 heteroatoms. The van der Waals surface area contributed by atoms with Crippen LogP contribution in [0.3, 0.4) is 0 Å². The fourth-order valence-electron chi connectivity index (χ4n) is 2.61. The highest BCUT2D eigenvalue weighted by Gasteiger charge is 2.23. The highest BCUT2D eigenvalue weighted by atomic mass is 79.9. The molecule has 0 saturated heterocycles. The Balaban J connectivity index is 1.91. The highest BCUT2D eigenvalue weighted by molar-refractivity contribution is 9.10. The van der Waals surface area contributed by atoms with Crippen molar-refractivity contribution in [1.29, 1.82) is 0 Å². The van der Waals surface area contributed by atoms with Gasteiger partial charge >= 0.3 is 0 Å². The van der Waals surface area contributed by atoms with E-state index in [2.05, 4.69) is 20.9 Å². The summed E-state index contributed by atoms with van der Waals surface area (Å²) in [7, 11) is 1.58. The van der Waals surface area contributed by atoms with E-state index in [9.17, 15) is 4.39 Å². The molecule has 1 aliphatic rings. The first kappa shape index (κ1) is 16.4. The molecule has 5 nitrogen and oxygen atoms in total. The van der Waals surface area contributed by atoms with Gasteiger partial charge in [0.05, 0.1) is 18.8 Å². The minimum absolute atomic E-state index is 0.208. The van der Waals surface area contributed by atoms with Gasteiger partial charge in [0.25, 0.3) is 0 Å². The summed E-state index contributed by atoms with van der Waals surface area (Å²) in [6.07, 6.45) is 0.277. The van der Waals surface area contributed by atoms with E-state index in [1.807, 2.05) is 28.8 Å². The minimum atomic E-state index is -0.502. The lowest BCUT2D eigenvalue weighted by Crippen LogP contribution is -2.21. The van der Waals surface area contributed by atoms with E-state index < -0.39 is 12.8 Å². The molecule has 0 N–H and O–H groups in total. The van der Waals surface area contributed by atoms with Crippen LogP contribution in [0.2, 0.25) is 0 Å². The summed E-state index contributed by atoms with van der Waals surface area (Å²) in [4.78, 5) is 4.60. The van der Waals surface area contributed by atoms with Crippen LogP contribution in [0.25, 0.3) is 11.4 Å². The second-order valence-corrected chi connectivity index (χ2v) is 6.01. The minimum Gasteiger partial charge on any atom is -0.468 e. The van der Waals surface area contributed by atoms with Crippen molar-refractivity contribution in [3.63, 3.8) is 0 Å². The molecule has 1 aromatic heterocycles. The molecule has 23 heavy (non-hydrogen) atoms. The Morgan fingerprint density at radius 1 is 1.39 bits per heavy atom. The Kier molecular flexibility index (Phi) is 5.30. The molecule has 0 fully saturated rings. The standard InChI is InChI=1S/C16H18BrFN2O3/c1-21-10-23-12-4-2-11(3-5-12)16-19-15(17)14-6-7-22-13(8-18)9-20(14)16/h2-5,13H,6-10H2,1H3. The van der Waals surface area contributed by atoms with Crippen LogP contribution in [0.1, 0.15) is 5.69 Å². The zero-order chi connectivity index (χ0) is 16.2. The normalized spacial score (nSPS) is 17.6. The van der Waals surface area contributed by atoms with Gasteiger partial charge < -0.3 is 18.8 Å². The molecule has 2 heterocycles. The van der Waals surface area contributed by atoms with Crippen molar-refractivity contribution in [2.45, 2.75) is 19.1 Å². The molecule has 1 atom stereocenters. The molecule has 0 spiro atoms. The number of alkyl halides is 1. The maximum Gasteiger partial charge on any atom is 0.188 e. The van der Waals surface area contributed by atoms with Crippen LogP contribution >= 0.6 is 15.9 Å². The molecule has 0 saturated carbocycles. The molecule has 0 bridgehead atoms. The van der Waals surface area contributed by atoms with Crippen molar-refractivity contribution in [2.24, 2.45) is 0 Å². The van der Waals surface area contributed by atoms with Gasteiger partial charge in [-0.15, -0.1) is 0 Å². The number of rotatable bonds is 5. The number of hydrogen-bond acceptors (Lipinski definition) is 4. The van der Waals surface area contributed by atoms with E-state index in [1.54, 1.807) is 7.11 Å². The molecule has 0 radical (unpaired) electrons. The van der Waals surface area contributed by atoms with E-state index in [4.69, 9.17) is 14.2 Å². The van der Waals surface area contributed by atoms with Gasteiger partial charge in [0.2, 0.25) is 0 Å². The summed E-state index contributed by atoms with van der Waals surface area (Å²) in [5.74, 6) is 1.52. The zero-order valence-corrected chi connectivity index (χ0v) is 14.4. The Hall–Kier alpha value is -1.44. The third-order valence-corrected chi connectivity index (χ3v) is 4.37. The lowest BCUT2D eigenvalue weighted by molar-refractivity contribution is 0.0355. The number of hydrogen-bond donors (Lipinski definition) is 0. The predicted octanol–water partition coefficient (Wildman–Crippen LogP) is 3.21. The van der Waals surface area contributed by atoms with Crippen LogP contribution in [0, 0.1) is 0 Å². The van der Waals surface area contributed by atoms with Gasteiger partial charge in [-0.05, 0) is 40.2 Å². The van der Waals surface area contributed by atoms with Crippen LogP contribution in [0.15, 0.2) is 28.9 Å². The zero-order valence-electron chi connectivity index (χ0n) is 12.8. The molecule has 2 aromatic rings. The van der Waals surface area contributed by atoms with E-state index in [0.717, 1.165) is 27.4 Å². The van der Waals surface area contributed by atoms with E-state index >= 15 is 0 Å². The fraction of sp³-hybridized carbons (Fsp3) is 0.438. The molecule has 0 amide bonds. The third-order valence-electron chi connectivity index (χ3n) is 3.73. The largest absolute Gasteiger partial charge is 0.468 e. The van der Waals surface area contributed by atoms with Crippen molar-refractivity contribution in [1.82, 2.24) is 9.55 Å². The molecular weight excluding hydrogens is 367 g/mol. The first-order chi connectivity index (χ1) is 11.2. The Bertz CT molecular complexity index is 660. The third kappa shape index (κ3) is 3.57. The summed E-state index contributed by atoms with van der Waals surface area (Å²) in [6.45, 7) is 0.668. The summed E-state index contributed by atoms with van der Waals surface area (Å²) >= 11 is 3.50. The average molecular weight is 385 g/mol. The first-order valence-electron chi connectivity index (χ1n) is 7.37. The molecule has 0 aliphatic carbocycles. The van der Waals surface area contributed by atoms with E-state index in [0.29, 0.717) is 19.6 Å². The topological polar surface area (TPSA) is 45.5 Å². The number of aromatic nitrogens is 2. The Labute approximate surface area is 142 Å². The van der Waals surface area contributed by atoms with Crippen LogP contribution in [-0.4, -0.2) is 42.8 Å². The van der Waals surface area contributed by atoms with Crippen molar-refractivity contribution < 1.29 is 18.6 Å². The van der Waals surface area contributed by atoms with Gasteiger partial charge in [-0.1, -0.05) is 0 Å². The summed E-state index contributed by atoms with van der Waals surface area (Å²) in [5.41, 5.74) is 1.98. The fourth-order valence-corrected chi connectivity index (χ4v) is 3.19. The summed E-state index contributed by atoms with van der Waals surface area (Å²) < 4.78 is 31.7. The predicted molar refractivity (Wildman–Crippen MR) is 87.3 cm³/mol. The number of fused-ring (bicyclic) bond motifs is 1. The van der Waals surface area contributed by atoms with E-state index in [1.165, 1.54) is 0 Å². The number of methoxy groups -OCH3 is 1. The van der Waals surface area contributed by atoms with Gasteiger partial charge in [0.1, 0.15) is 29.0 Å². The second-order valence-electron chi connectivity index (χ2n) is 5.26. The average Bonchev–Trinajstić information content (AvgIpc) is 2.76. The number of benzene rings is 1. The number of imidazole rings is 1. The van der Waals surface area contributed by atoms with Crippen LogP contribution < -0.4 is 4.74 Å². The van der Waals surface area contributed by atoms with Gasteiger partial charge in [-0.3, -0.25) is 0 Å². The number of nitrogens with zero attached hydrogens (tertiary/aromatic N) is 2. The van der Waals surface area contributed by atoms with Gasteiger partial charge in [0.15, 0.2) is 6.79 Å². The smallest absolute Gasteiger partial charge is 0.188 e. The maximum absolute atomic E-state index is 13.1. The number of halogens is 2. The quantitative estimate of drug-likeness (QED) is 0.742. The SMILES string of the molecule is COCOc1ccc(-c2nc(Br)c3n2CC(CF)OCC3)cc1. The van der Waals surface area contributed by atoms with Crippen LogP contribution in [-0.2, 0) is 22.4 Å². The number of ether oxygens (including phenoxy) is 3. The molecule has 1 aromatic carbocycles. The van der Waals surface area contributed by atoms with Crippen LogP contribution in [0.4, 0.5) is 4.39 Å². The lowest BCUT2D eigenvalue weighted by Gasteiger charge is -2.14. The highest BCUT2D eigenvalue weighted by Crippen LogP contribution is 2.29. The van der Waals surface area contributed by atoms with Crippen molar-refractivity contribution in [3.05, 3.63) is 34.6 Å². The van der Waals surface area contributed by atoms with E-state index in [-0.39, 0.29) is 6.79 Å². The molecule has 124 valence electrons. The second kappa shape index (κ2) is 7.42. The lowest BCUT2D eigenvalue weighted by atomic mass is 10.2. The Morgan fingerprint density at radius 3 is 2.87 bits per heavy atom. The molecule has 3 rings (SSSR count). The van der Waals surface area contributed by atoms with Gasteiger partial charge in [-0.2, -0.15) is 0 Å². The first-order valence-corrected chi connectivity index (χ1v) is 8.17. The van der Waals surface area contributed by atoms with Crippen molar-refractivity contribution in [2.75, 3.05) is 27.2 Å². The summed E-state index contributed by atoms with van der Waals surface area (Å²) in [6, 6.07) is 7.60.